The zero-order valence-corrected chi connectivity index (χ0v) is 9.71. The first-order chi connectivity index (χ1) is 7.59. The Hall–Kier alpha value is -0.640. The molecule has 1 unspecified atom stereocenters. The van der Waals surface area contributed by atoms with Crippen LogP contribution in [0.15, 0.2) is 16.9 Å². The van der Waals surface area contributed by atoms with Gasteiger partial charge in [0, 0.05) is 12.6 Å². The molecule has 1 aliphatic rings. The first-order valence-electron chi connectivity index (χ1n) is 5.87. The fraction of sp³-hybridized carbons (Fsp3) is 0.600. The first kappa shape index (κ1) is 7.63. The lowest BCUT2D eigenvalue weighted by molar-refractivity contribution is 0.480. The third-order valence-electron chi connectivity index (χ3n) is 2.58. The van der Waals surface area contributed by atoms with Crippen molar-refractivity contribution in [3.05, 3.63) is 16.9 Å². The monoisotopic (exact) mass is 257 g/mol. The van der Waals surface area contributed by atoms with Gasteiger partial charge in [-0.1, -0.05) is 0 Å². The van der Waals surface area contributed by atoms with E-state index in [0.29, 0.717) is 16.5 Å². The molecule has 0 spiro atoms. The summed E-state index contributed by atoms with van der Waals surface area (Å²) in [6, 6.07) is 0.399. The summed E-state index contributed by atoms with van der Waals surface area (Å²) < 4.78 is 15.7. The number of rotatable bonds is 1. The van der Waals surface area contributed by atoms with Gasteiger partial charge in [0.05, 0.1) is 15.1 Å². The molecule has 0 N–H and O–H groups in total. The third-order valence-corrected chi connectivity index (χ3v) is 2.94. The summed E-state index contributed by atoms with van der Waals surface area (Å²) in [7, 11) is 0. The second kappa shape index (κ2) is 4.26. The molecule has 0 saturated carbocycles. The van der Waals surface area contributed by atoms with E-state index in [1.165, 1.54) is 6.42 Å². The highest BCUT2D eigenvalue weighted by Crippen LogP contribution is 2.22. The molecule has 0 amide bonds. The number of halogens is 1. The number of hydrogen-bond donors (Lipinski definition) is 0. The maximum Gasteiger partial charge on any atom is 0.148 e. The van der Waals surface area contributed by atoms with E-state index in [4.69, 9.17) is 2.74 Å². The molecular formula is C10H14BrN3. The summed E-state index contributed by atoms with van der Waals surface area (Å²) in [6.07, 6.45) is 3.61. The lowest BCUT2D eigenvalue weighted by atomic mass is 10.0. The minimum absolute atomic E-state index is 0.0263. The Kier molecular flexibility index (Phi) is 2.32. The van der Waals surface area contributed by atoms with Crippen LogP contribution in [-0.2, 0) is 0 Å². The van der Waals surface area contributed by atoms with E-state index in [2.05, 4.69) is 37.7 Å². The molecule has 4 heteroatoms. The quantitative estimate of drug-likeness (QED) is 0.775. The van der Waals surface area contributed by atoms with Gasteiger partial charge in [0.2, 0.25) is 0 Å². The number of piperidine rings is 1. The van der Waals surface area contributed by atoms with Gasteiger partial charge in [-0.2, -0.15) is 0 Å². The fourth-order valence-electron chi connectivity index (χ4n) is 1.81. The molecule has 0 radical (unpaired) electrons. The van der Waals surface area contributed by atoms with Crippen molar-refractivity contribution in [1.29, 1.82) is 0 Å². The average Bonchev–Trinajstić information content (AvgIpc) is 2.25. The molecule has 2 heterocycles. The van der Waals surface area contributed by atoms with Crippen LogP contribution in [0, 0.1) is 0 Å². The van der Waals surface area contributed by atoms with Crippen molar-refractivity contribution in [2.75, 3.05) is 11.4 Å². The van der Waals surface area contributed by atoms with Gasteiger partial charge in [0.25, 0.3) is 0 Å². The topological polar surface area (TPSA) is 29.0 Å². The van der Waals surface area contributed by atoms with E-state index in [-0.39, 0.29) is 12.3 Å². The average molecular weight is 258 g/mol. The summed E-state index contributed by atoms with van der Waals surface area (Å²) in [6.45, 7) is 3.06. The summed E-state index contributed by atoms with van der Waals surface area (Å²) >= 11 is 3.20. The van der Waals surface area contributed by atoms with Crippen molar-refractivity contribution in [1.82, 2.24) is 9.97 Å². The van der Waals surface area contributed by atoms with Gasteiger partial charge < -0.3 is 4.90 Å². The molecular weight excluding hydrogens is 242 g/mol. The zero-order chi connectivity index (χ0) is 11.7. The molecule has 1 fully saturated rings. The van der Waals surface area contributed by atoms with Crippen LogP contribution in [0.4, 0.5) is 5.82 Å². The molecule has 3 nitrogen and oxygen atoms in total. The number of hydrogen-bond acceptors (Lipinski definition) is 3. The van der Waals surface area contributed by atoms with Gasteiger partial charge >= 0.3 is 0 Å². The largest absolute Gasteiger partial charge is 0.353 e. The molecule has 0 aliphatic carbocycles. The van der Waals surface area contributed by atoms with Gasteiger partial charge in [-0.15, -0.1) is 0 Å². The van der Waals surface area contributed by atoms with Crippen LogP contribution in [0.1, 0.15) is 28.9 Å². The van der Waals surface area contributed by atoms with Crippen molar-refractivity contribution >= 4 is 21.7 Å². The van der Waals surface area contributed by atoms with Crippen molar-refractivity contribution in [3.8, 4) is 0 Å². The zero-order valence-electron chi connectivity index (χ0n) is 10.1. The first-order valence-corrected chi connectivity index (χ1v) is 5.66. The minimum Gasteiger partial charge on any atom is -0.353 e. The van der Waals surface area contributed by atoms with E-state index >= 15 is 0 Å². The van der Waals surface area contributed by atoms with Crippen LogP contribution in [0.2, 0.25) is 0 Å². The smallest absolute Gasteiger partial charge is 0.148 e. The van der Waals surface area contributed by atoms with Crippen molar-refractivity contribution in [3.63, 3.8) is 0 Å². The van der Waals surface area contributed by atoms with Gasteiger partial charge in [-0.05, 0) is 42.1 Å². The highest BCUT2D eigenvalue weighted by Gasteiger charge is 2.19. The Balaban J connectivity index is 2.35. The number of nitrogens with zero attached hydrogens (tertiary/aromatic N) is 3. The Morgan fingerprint density at radius 3 is 3.21 bits per heavy atom. The third kappa shape index (κ3) is 2.05. The predicted octanol–water partition coefficient (Wildman–Crippen LogP) is 2.62. The Morgan fingerprint density at radius 1 is 1.57 bits per heavy atom. The Bertz CT molecular complexity index is 400. The molecule has 1 aliphatic heterocycles. The summed E-state index contributed by atoms with van der Waals surface area (Å²) in [4.78, 5) is 10.2. The maximum absolute atomic E-state index is 7.78. The summed E-state index contributed by atoms with van der Waals surface area (Å²) in [5, 5.41) is 0. The molecule has 1 aromatic heterocycles. The van der Waals surface area contributed by atoms with Crippen LogP contribution < -0.4 is 4.90 Å². The van der Waals surface area contributed by atoms with Crippen LogP contribution in [-0.4, -0.2) is 22.6 Å². The lowest BCUT2D eigenvalue weighted by Gasteiger charge is -2.34. The number of anilines is 1. The standard InChI is InChI=1S/C10H14BrN3/c1-8-4-2-3-5-14(8)10-7-12-6-9(11)13-10/h6-8H,2-5H2,1H3/i6D,7D. The number of aromatic nitrogens is 2. The van der Waals surface area contributed by atoms with Crippen molar-refractivity contribution < 1.29 is 2.74 Å². The summed E-state index contributed by atoms with van der Waals surface area (Å²) in [5.41, 5.74) is 0. The Morgan fingerprint density at radius 2 is 2.43 bits per heavy atom. The van der Waals surface area contributed by atoms with Gasteiger partial charge in [0.1, 0.15) is 10.4 Å². The van der Waals surface area contributed by atoms with E-state index in [0.717, 1.165) is 19.4 Å². The van der Waals surface area contributed by atoms with E-state index in [1.807, 2.05) is 0 Å². The van der Waals surface area contributed by atoms with Gasteiger partial charge in [0.15, 0.2) is 0 Å². The van der Waals surface area contributed by atoms with Gasteiger partial charge in [-0.25, -0.2) is 4.98 Å². The molecule has 2 rings (SSSR count). The molecule has 0 bridgehead atoms. The second-order valence-corrected chi connectivity index (χ2v) is 4.35. The molecule has 14 heavy (non-hydrogen) atoms. The minimum atomic E-state index is 0.0263. The molecule has 76 valence electrons. The molecule has 1 atom stereocenters. The van der Waals surface area contributed by atoms with Crippen LogP contribution in [0.25, 0.3) is 0 Å². The van der Waals surface area contributed by atoms with E-state index in [1.54, 1.807) is 0 Å². The van der Waals surface area contributed by atoms with Crippen LogP contribution >= 0.6 is 15.9 Å². The fourth-order valence-corrected chi connectivity index (χ4v) is 2.06. The molecule has 1 saturated heterocycles. The van der Waals surface area contributed by atoms with Crippen LogP contribution in [0.3, 0.4) is 0 Å². The highest BCUT2D eigenvalue weighted by atomic mass is 79.9. The molecule has 1 aromatic rings. The van der Waals surface area contributed by atoms with Gasteiger partial charge in [-0.3, -0.25) is 4.98 Å². The molecule has 0 aromatic carbocycles. The highest BCUT2D eigenvalue weighted by molar-refractivity contribution is 9.10. The van der Waals surface area contributed by atoms with Crippen LogP contribution in [0.5, 0.6) is 0 Å². The predicted molar refractivity (Wildman–Crippen MR) is 60.4 cm³/mol. The second-order valence-electron chi connectivity index (χ2n) is 3.60. The van der Waals surface area contributed by atoms with Crippen molar-refractivity contribution in [2.24, 2.45) is 0 Å². The maximum atomic E-state index is 7.78. The SMILES string of the molecule is [2H]c1nc([2H])c(N2CCCCC2C)nc1Br. The normalized spacial score (nSPS) is 24.4. The van der Waals surface area contributed by atoms with E-state index < -0.39 is 0 Å². The van der Waals surface area contributed by atoms with E-state index in [9.17, 15) is 0 Å². The lowest BCUT2D eigenvalue weighted by Crippen LogP contribution is -2.38. The van der Waals surface area contributed by atoms with Crippen molar-refractivity contribution in [2.45, 2.75) is 32.2 Å². The Labute approximate surface area is 95.5 Å². The summed E-state index contributed by atoms with van der Waals surface area (Å²) in [5.74, 6) is 0.593.